The first-order chi connectivity index (χ1) is 14.4. The molecule has 0 atom stereocenters. The third-order valence-electron chi connectivity index (χ3n) is 4.24. The van der Waals surface area contributed by atoms with Crippen molar-refractivity contribution in [2.75, 3.05) is 10.5 Å². The Labute approximate surface area is 181 Å². The fourth-order valence-electron chi connectivity index (χ4n) is 2.85. The van der Waals surface area contributed by atoms with Gasteiger partial charge in [0.05, 0.1) is 16.9 Å². The Hall–Kier alpha value is -2.82. The lowest BCUT2D eigenvalue weighted by Gasteiger charge is -2.20. The topological polar surface area (TPSA) is 87.3 Å². The van der Waals surface area contributed by atoms with E-state index >= 15 is 0 Å². The standard InChI is InChI=1S/C20H16FN3O3S3/c21-13-7-8-18-15(12-13)16(9-11-28-18)22-23-20(25)14-4-1-2-5-17(14)24-30(26,27)19-6-3-10-29-19/h1-10,12,22,24H,11H2,(H,23,25). The number of nitrogens with one attached hydrogen (secondary N) is 3. The van der Waals surface area contributed by atoms with Crippen LogP contribution in [0.25, 0.3) is 5.70 Å². The van der Waals surface area contributed by atoms with Crippen molar-refractivity contribution in [3.8, 4) is 0 Å². The first kappa shape index (κ1) is 20.5. The van der Waals surface area contributed by atoms with E-state index in [2.05, 4.69) is 15.6 Å². The summed E-state index contributed by atoms with van der Waals surface area (Å²) in [6.45, 7) is 0. The fraction of sp³-hybridized carbons (Fsp3) is 0.0500. The zero-order valence-corrected chi connectivity index (χ0v) is 17.8. The number of carbonyl (C=O) groups excluding carboxylic acids is 1. The van der Waals surface area contributed by atoms with Gasteiger partial charge in [-0.25, -0.2) is 12.8 Å². The summed E-state index contributed by atoms with van der Waals surface area (Å²) >= 11 is 2.65. The fourth-order valence-corrected chi connectivity index (χ4v) is 5.85. The summed E-state index contributed by atoms with van der Waals surface area (Å²) in [7, 11) is -3.79. The van der Waals surface area contributed by atoms with E-state index in [9.17, 15) is 17.6 Å². The maximum Gasteiger partial charge on any atom is 0.271 e. The Morgan fingerprint density at radius 1 is 1.07 bits per heavy atom. The largest absolute Gasteiger partial charge is 0.298 e. The number of amides is 1. The molecule has 3 N–H and O–H groups in total. The van der Waals surface area contributed by atoms with Gasteiger partial charge in [-0.2, -0.15) is 0 Å². The van der Waals surface area contributed by atoms with Crippen molar-refractivity contribution in [1.82, 2.24) is 10.9 Å². The number of sulfonamides is 1. The van der Waals surface area contributed by atoms with E-state index in [4.69, 9.17) is 0 Å². The van der Waals surface area contributed by atoms with Crippen LogP contribution >= 0.6 is 23.1 Å². The molecule has 0 bridgehead atoms. The predicted octanol–water partition coefficient (Wildman–Crippen LogP) is 4.07. The molecule has 0 saturated heterocycles. The highest BCUT2D eigenvalue weighted by atomic mass is 32.2. The molecule has 154 valence electrons. The normalized spacial score (nSPS) is 13.2. The van der Waals surface area contributed by atoms with Gasteiger partial charge in [0.25, 0.3) is 15.9 Å². The predicted molar refractivity (Wildman–Crippen MR) is 117 cm³/mol. The van der Waals surface area contributed by atoms with Crippen LogP contribution in [0.5, 0.6) is 0 Å². The van der Waals surface area contributed by atoms with Crippen LogP contribution in [0, 0.1) is 5.82 Å². The number of benzene rings is 2. The van der Waals surface area contributed by atoms with Gasteiger partial charge in [0.15, 0.2) is 0 Å². The second-order valence-electron chi connectivity index (χ2n) is 6.23. The molecule has 0 aliphatic carbocycles. The Bertz CT molecular complexity index is 1230. The zero-order valence-electron chi connectivity index (χ0n) is 15.4. The van der Waals surface area contributed by atoms with Crippen LogP contribution in [0.15, 0.2) is 75.2 Å². The van der Waals surface area contributed by atoms with Crippen molar-refractivity contribution in [3.63, 3.8) is 0 Å². The Kier molecular flexibility index (Phi) is 5.80. The van der Waals surface area contributed by atoms with Gasteiger partial charge in [-0.1, -0.05) is 18.2 Å². The van der Waals surface area contributed by atoms with Crippen molar-refractivity contribution < 1.29 is 17.6 Å². The molecule has 30 heavy (non-hydrogen) atoms. The highest BCUT2D eigenvalue weighted by Gasteiger charge is 2.20. The SMILES string of the molecule is O=C(NNC1=CCSc2ccc(F)cc21)c1ccccc1NS(=O)(=O)c1cccs1. The minimum atomic E-state index is -3.79. The van der Waals surface area contributed by atoms with Crippen LogP contribution in [0.4, 0.5) is 10.1 Å². The number of anilines is 1. The summed E-state index contributed by atoms with van der Waals surface area (Å²) in [6.07, 6.45) is 1.85. The molecule has 0 radical (unpaired) electrons. The number of hydrogen-bond acceptors (Lipinski definition) is 6. The van der Waals surface area contributed by atoms with E-state index in [-0.39, 0.29) is 21.3 Å². The second kappa shape index (κ2) is 8.50. The number of thiophene rings is 1. The lowest BCUT2D eigenvalue weighted by atomic mass is 10.1. The van der Waals surface area contributed by atoms with Gasteiger partial charge in [0.2, 0.25) is 0 Å². The van der Waals surface area contributed by atoms with Crippen LogP contribution in [-0.2, 0) is 10.0 Å². The molecule has 6 nitrogen and oxygen atoms in total. The number of hydrazine groups is 1. The van der Waals surface area contributed by atoms with Gasteiger partial charge in [0, 0.05) is 16.2 Å². The van der Waals surface area contributed by atoms with Crippen LogP contribution < -0.4 is 15.6 Å². The van der Waals surface area contributed by atoms with E-state index in [0.717, 1.165) is 16.2 Å². The number of halogens is 1. The molecular formula is C20H16FN3O3S3. The smallest absolute Gasteiger partial charge is 0.271 e. The Morgan fingerprint density at radius 2 is 1.90 bits per heavy atom. The molecular weight excluding hydrogens is 445 g/mol. The average Bonchev–Trinajstić information content (AvgIpc) is 3.28. The van der Waals surface area contributed by atoms with Gasteiger partial charge in [0.1, 0.15) is 10.0 Å². The van der Waals surface area contributed by atoms with Crippen LogP contribution in [0.1, 0.15) is 15.9 Å². The highest BCUT2D eigenvalue weighted by Crippen LogP contribution is 2.32. The lowest BCUT2D eigenvalue weighted by Crippen LogP contribution is -2.37. The summed E-state index contributed by atoms with van der Waals surface area (Å²) in [5.74, 6) is -0.228. The van der Waals surface area contributed by atoms with Gasteiger partial charge in [-0.05, 0) is 47.9 Å². The molecule has 0 saturated carbocycles. The number of thioether (sulfide) groups is 1. The van der Waals surface area contributed by atoms with Crippen molar-refractivity contribution >= 4 is 50.4 Å². The van der Waals surface area contributed by atoms with Crippen LogP contribution in [-0.4, -0.2) is 20.1 Å². The quantitative estimate of drug-likeness (QED) is 0.482. The molecule has 10 heteroatoms. The van der Waals surface area contributed by atoms with E-state index in [1.54, 1.807) is 41.4 Å². The van der Waals surface area contributed by atoms with Crippen molar-refractivity contribution in [2.45, 2.75) is 9.10 Å². The molecule has 0 unspecified atom stereocenters. The van der Waals surface area contributed by atoms with Gasteiger partial charge in [-0.3, -0.25) is 20.4 Å². The van der Waals surface area contributed by atoms with Crippen LogP contribution in [0.2, 0.25) is 0 Å². The molecule has 0 spiro atoms. The number of para-hydroxylation sites is 1. The molecule has 2 heterocycles. The summed E-state index contributed by atoms with van der Waals surface area (Å²) in [5.41, 5.74) is 6.93. The molecule has 2 aromatic carbocycles. The van der Waals surface area contributed by atoms with Gasteiger partial charge in [-0.15, -0.1) is 23.1 Å². The summed E-state index contributed by atoms with van der Waals surface area (Å²) in [5, 5.41) is 1.66. The van der Waals surface area contributed by atoms with Crippen molar-refractivity contribution in [3.05, 3.63) is 83.0 Å². The summed E-state index contributed by atoms with van der Waals surface area (Å²) < 4.78 is 41.3. The molecule has 1 aromatic heterocycles. The highest BCUT2D eigenvalue weighted by molar-refractivity contribution is 7.99. The monoisotopic (exact) mass is 461 g/mol. The third-order valence-corrected chi connectivity index (χ3v) is 8.01. The maximum absolute atomic E-state index is 13.6. The Morgan fingerprint density at radius 3 is 2.70 bits per heavy atom. The molecule has 1 aliphatic rings. The van der Waals surface area contributed by atoms with E-state index in [0.29, 0.717) is 17.0 Å². The number of fused-ring (bicyclic) bond motifs is 1. The number of hydrogen-bond donors (Lipinski definition) is 3. The molecule has 3 aromatic rings. The average molecular weight is 462 g/mol. The number of carbonyl (C=O) groups is 1. The molecule has 1 amide bonds. The maximum atomic E-state index is 13.6. The first-order valence-corrected chi connectivity index (χ1v) is 12.1. The van der Waals surface area contributed by atoms with Gasteiger partial charge < -0.3 is 0 Å². The van der Waals surface area contributed by atoms with E-state index in [1.165, 1.54) is 30.3 Å². The first-order valence-electron chi connectivity index (χ1n) is 8.78. The van der Waals surface area contributed by atoms with Crippen molar-refractivity contribution in [2.24, 2.45) is 0 Å². The molecule has 4 rings (SSSR count). The minimum Gasteiger partial charge on any atom is -0.298 e. The third kappa shape index (κ3) is 4.35. The second-order valence-corrected chi connectivity index (χ2v) is 10.2. The molecule has 0 fully saturated rings. The zero-order chi connectivity index (χ0) is 21.1. The van der Waals surface area contributed by atoms with E-state index < -0.39 is 15.9 Å². The minimum absolute atomic E-state index is 0.149. The lowest BCUT2D eigenvalue weighted by molar-refractivity contribution is 0.0943. The Balaban J connectivity index is 1.52. The molecule has 1 aliphatic heterocycles. The van der Waals surface area contributed by atoms with Crippen LogP contribution in [0.3, 0.4) is 0 Å². The van der Waals surface area contributed by atoms with E-state index in [1.807, 2.05) is 6.08 Å². The van der Waals surface area contributed by atoms with Gasteiger partial charge >= 0.3 is 0 Å². The summed E-state index contributed by atoms with van der Waals surface area (Å²) in [4.78, 5) is 13.6. The summed E-state index contributed by atoms with van der Waals surface area (Å²) in [6, 6.07) is 13.9. The number of rotatable bonds is 6. The van der Waals surface area contributed by atoms with Crippen molar-refractivity contribution in [1.29, 1.82) is 0 Å².